The van der Waals surface area contributed by atoms with E-state index in [9.17, 15) is 13.6 Å². The van der Waals surface area contributed by atoms with Crippen LogP contribution in [0.15, 0.2) is 53.9 Å². The number of aldehydes is 1. The van der Waals surface area contributed by atoms with Gasteiger partial charge in [-0.15, -0.1) is 12.4 Å². The van der Waals surface area contributed by atoms with Crippen LogP contribution in [-0.4, -0.2) is 56.3 Å². The van der Waals surface area contributed by atoms with Crippen molar-refractivity contribution in [3.8, 4) is 0 Å². The molecule has 0 saturated heterocycles. The number of H-pyrrole nitrogens is 1. The second-order valence-corrected chi connectivity index (χ2v) is 7.56. The number of nitrogens with one attached hydrogen (secondary N) is 1. The zero-order valence-corrected chi connectivity index (χ0v) is 23.6. The first kappa shape index (κ1) is 31.6. The number of aromatic nitrogens is 2. The van der Waals surface area contributed by atoms with E-state index >= 15 is 0 Å². The van der Waals surface area contributed by atoms with Crippen LogP contribution in [0.1, 0.15) is 15.9 Å². The largest absolute Gasteiger partial charge is 0.813 e. The summed E-state index contributed by atoms with van der Waals surface area (Å²) in [5, 5.41) is 18.6. The standard InChI is InChI=1S/C9H7FN2O.C9H6FNO.ClH.H3NO.H3P.H2S.Tl/c10-9-6(5-12-13)1-2-8-7(9)3-4-11-8;10-9-6(5-12)1-2-8-7(9)3-4-11-8;;1-2;;;/h1-5,11,13H;1-5H,(H,11,12);1H;2H,1H2;1H3;1H2;/q;;;;;;+1/p-2/b12-5+;;;;;;. The molecule has 4 rings (SSSR count). The summed E-state index contributed by atoms with van der Waals surface area (Å²) in [6, 6.07) is 9.92. The van der Waals surface area contributed by atoms with Gasteiger partial charge in [0.15, 0.2) is 0 Å². The molecule has 7 nitrogen and oxygen atoms in total. The fourth-order valence-corrected chi connectivity index (χ4v) is 3.79. The van der Waals surface area contributed by atoms with Crippen LogP contribution >= 0.6 is 22.3 Å². The van der Waals surface area contributed by atoms with Crippen molar-refractivity contribution in [3.05, 3.63) is 71.6 Å². The Bertz CT molecular complexity index is 1140. The molecule has 2 heterocycles. The van der Waals surface area contributed by atoms with E-state index in [1.54, 1.807) is 36.5 Å². The first-order valence-corrected chi connectivity index (χ1v) is 9.76. The second-order valence-electron chi connectivity index (χ2n) is 5.39. The van der Waals surface area contributed by atoms with E-state index in [1.807, 2.05) is 8.57 Å². The summed E-state index contributed by atoms with van der Waals surface area (Å²) in [4.78, 5) is 13.3. The van der Waals surface area contributed by atoms with Crippen LogP contribution in [0.25, 0.3) is 21.8 Å². The van der Waals surface area contributed by atoms with Crippen molar-refractivity contribution in [2.45, 2.75) is 0 Å². The molecule has 0 amide bonds. The molecule has 0 radical (unpaired) electrons. The molecular weight excluding hydrogens is 661 g/mol. The normalized spacial score (nSPS) is 9.39. The summed E-state index contributed by atoms with van der Waals surface area (Å²) in [5.74, 6) is 2.71. The molecule has 5 N–H and O–H groups in total. The van der Waals surface area contributed by atoms with Crippen LogP contribution in [0.4, 0.5) is 8.78 Å². The summed E-state index contributed by atoms with van der Waals surface area (Å²) in [6.07, 6.45) is 5.11. The quantitative estimate of drug-likeness (QED) is 0.0380. The Balaban J connectivity index is 0. The number of oxime groups is 1. The zero-order valence-electron chi connectivity index (χ0n) is 15.9. The maximum absolute atomic E-state index is 13.5. The number of nitrogens with two attached hydrogens (primary N) is 1. The van der Waals surface area contributed by atoms with Crippen LogP contribution in [0, 0.1) is 11.6 Å². The van der Waals surface area contributed by atoms with E-state index in [0.717, 1.165) is 17.2 Å². The Morgan fingerprint density at radius 1 is 1.03 bits per heavy atom. The van der Waals surface area contributed by atoms with Crippen LogP contribution < -0.4 is 5.90 Å². The van der Waals surface area contributed by atoms with E-state index in [1.165, 1.54) is 6.07 Å². The third-order valence-electron chi connectivity index (χ3n) is 3.89. The van der Waals surface area contributed by atoms with Crippen molar-refractivity contribution >= 4 is 96.2 Å². The fraction of sp³-hybridized carbons (Fsp3) is 0. The summed E-state index contributed by atoms with van der Waals surface area (Å²) in [5.41, 5.74) is 2.00. The minimum absolute atomic E-state index is 0. The molecule has 0 aliphatic carbocycles. The minimum atomic E-state index is -0.410. The van der Waals surface area contributed by atoms with Gasteiger partial charge in [0, 0.05) is 22.7 Å². The van der Waals surface area contributed by atoms with Gasteiger partial charge in [0.05, 0.1) is 6.21 Å². The number of benzene rings is 2. The van der Waals surface area contributed by atoms with Crippen molar-refractivity contribution in [2.75, 3.05) is 0 Å². The van der Waals surface area contributed by atoms with Gasteiger partial charge in [0.25, 0.3) is 0 Å². The van der Waals surface area contributed by atoms with E-state index in [-0.39, 0.29) is 52.7 Å². The summed E-state index contributed by atoms with van der Waals surface area (Å²) >= 11 is 0.615. The molecule has 0 fully saturated rings. The number of fused-ring (bicyclic) bond motifs is 2. The first-order chi connectivity index (χ1) is 13.6. The van der Waals surface area contributed by atoms with Gasteiger partial charge in [-0.1, -0.05) is 5.16 Å². The number of nitrogens with zero attached hydrogens (tertiary/aromatic N) is 2. The third kappa shape index (κ3) is 7.23. The average molecular weight is 681 g/mol. The predicted octanol–water partition coefficient (Wildman–Crippen LogP) is 3.18. The van der Waals surface area contributed by atoms with E-state index in [4.69, 9.17) is 10.4 Å². The first-order valence-electron chi connectivity index (χ1n) is 7.75. The van der Waals surface area contributed by atoms with Gasteiger partial charge in [-0.05, 0) is 18.2 Å². The summed E-state index contributed by atoms with van der Waals surface area (Å²) in [6.45, 7) is 0. The van der Waals surface area contributed by atoms with Crippen LogP contribution in [0.3, 0.4) is 0 Å². The zero-order chi connectivity index (χ0) is 20.7. The Kier molecular flexibility index (Phi) is 15.6. The molecule has 2 aromatic heterocycles. The van der Waals surface area contributed by atoms with Gasteiger partial charge in [-0.2, -0.15) is 9.90 Å². The number of rotatable bonds is 2. The van der Waals surface area contributed by atoms with E-state index < -0.39 is 5.82 Å². The number of hydrogen-bond donors (Lipinski definition) is 4. The minimum Gasteiger partial charge on any atom is -0.813 e. The topological polar surface area (TPSA) is 117 Å². The van der Waals surface area contributed by atoms with Crippen molar-refractivity contribution < 1.29 is 24.0 Å². The molecule has 4 aromatic rings. The fourth-order valence-electron chi connectivity index (χ4n) is 2.58. The average Bonchev–Trinajstić information content (AvgIpc) is 3.35. The van der Waals surface area contributed by atoms with Crippen molar-refractivity contribution in [2.24, 2.45) is 11.1 Å². The predicted molar refractivity (Wildman–Crippen MR) is 129 cm³/mol. The second kappa shape index (κ2) is 15.3. The Labute approximate surface area is 209 Å². The Morgan fingerprint density at radius 2 is 1.65 bits per heavy atom. The van der Waals surface area contributed by atoms with E-state index in [2.05, 4.69) is 16.0 Å². The van der Waals surface area contributed by atoms with Gasteiger partial charge in [-0.25, -0.2) is 10.3 Å². The molecule has 1 atom stereocenters. The number of halogens is 3. The molecular formula is C18H20ClF2N4O3PSTl-. The SMILES string of the molecule is Cl.NO.O/N=C/c1ccc2[nH]ccc2c1F.O=Cc1ccc2c(cc[n]2[Tl])c1F.P.[SH-]. The van der Waals surface area contributed by atoms with Gasteiger partial charge in [0.2, 0.25) is 0 Å². The Hall–Kier alpha value is -1.57. The maximum atomic E-state index is 13.5. The molecule has 13 heteroatoms. The van der Waals surface area contributed by atoms with Crippen LogP contribution in [0.5, 0.6) is 0 Å². The summed E-state index contributed by atoms with van der Waals surface area (Å²) < 4.78 is 28.9. The van der Waals surface area contributed by atoms with E-state index in [0.29, 0.717) is 43.1 Å². The van der Waals surface area contributed by atoms with Crippen LogP contribution in [-0.2, 0) is 13.5 Å². The van der Waals surface area contributed by atoms with Crippen molar-refractivity contribution in [1.29, 1.82) is 0 Å². The number of hydrogen-bond acceptors (Lipinski definition) is 6. The molecule has 2 aromatic carbocycles. The number of aromatic amines is 1. The van der Waals surface area contributed by atoms with Gasteiger partial charge in [-0.3, -0.25) is 0 Å². The summed E-state index contributed by atoms with van der Waals surface area (Å²) in [7, 11) is 0. The van der Waals surface area contributed by atoms with Gasteiger partial charge >= 0.3 is 90.6 Å². The monoisotopic (exact) mass is 681 g/mol. The number of thiol groups is 1. The molecule has 0 bridgehead atoms. The molecule has 0 spiro atoms. The molecule has 31 heavy (non-hydrogen) atoms. The van der Waals surface area contributed by atoms with Crippen molar-refractivity contribution in [3.63, 3.8) is 0 Å². The Morgan fingerprint density at radius 3 is 2.26 bits per heavy atom. The molecule has 0 aliphatic heterocycles. The number of carbonyl (C=O) groups excluding carboxylic acids is 1. The number of carbonyl (C=O) groups is 1. The molecule has 1 unspecified atom stereocenters. The third-order valence-corrected chi connectivity index (χ3v) is 5.64. The van der Waals surface area contributed by atoms with Crippen molar-refractivity contribution in [1.82, 2.24) is 7.36 Å². The smallest absolute Gasteiger partial charge is 0.153 e. The molecule has 0 saturated carbocycles. The molecule has 0 aliphatic rings. The van der Waals surface area contributed by atoms with Gasteiger partial charge < -0.3 is 28.9 Å². The maximum Gasteiger partial charge on any atom is -0.153 e. The molecule has 166 valence electrons. The van der Waals surface area contributed by atoms with Crippen LogP contribution in [0.2, 0.25) is 0 Å². The van der Waals surface area contributed by atoms with Gasteiger partial charge in [0.1, 0.15) is 5.82 Å².